The van der Waals surface area contributed by atoms with Gasteiger partial charge in [-0.25, -0.2) is 9.67 Å². The molecular formula is C20H17N5O2. The average molecular weight is 359 g/mol. The summed E-state index contributed by atoms with van der Waals surface area (Å²) in [4.78, 5) is 15.6. The third-order valence-electron chi connectivity index (χ3n) is 4.19. The molecule has 0 bridgehead atoms. The summed E-state index contributed by atoms with van der Waals surface area (Å²) in [7, 11) is 0. The van der Waals surface area contributed by atoms with Gasteiger partial charge in [-0.2, -0.15) is 5.10 Å². The Morgan fingerprint density at radius 2 is 2.00 bits per heavy atom. The maximum Gasteiger partial charge on any atom is 0.299 e. The number of carbonyl (C=O) groups is 1. The van der Waals surface area contributed by atoms with Gasteiger partial charge in [0.2, 0.25) is 5.91 Å². The highest BCUT2D eigenvalue weighted by Crippen LogP contribution is 2.27. The predicted octanol–water partition coefficient (Wildman–Crippen LogP) is 3.68. The average Bonchev–Trinajstić information content (AvgIpc) is 3.35. The van der Waals surface area contributed by atoms with Crippen molar-refractivity contribution < 1.29 is 9.21 Å². The van der Waals surface area contributed by atoms with Gasteiger partial charge in [0.15, 0.2) is 5.76 Å². The van der Waals surface area contributed by atoms with Gasteiger partial charge in [0.05, 0.1) is 11.9 Å². The first-order chi connectivity index (χ1) is 13.1. The van der Waals surface area contributed by atoms with E-state index in [1.165, 1.54) is 0 Å². The Kier molecular flexibility index (Phi) is 4.18. The summed E-state index contributed by atoms with van der Waals surface area (Å²) in [5, 5.41) is 7.30. The molecule has 0 aliphatic rings. The van der Waals surface area contributed by atoms with E-state index >= 15 is 0 Å². The molecule has 2 heterocycles. The molecule has 0 unspecified atom stereocenters. The number of amides is 1. The van der Waals surface area contributed by atoms with Crippen molar-refractivity contribution in [2.75, 3.05) is 5.32 Å². The van der Waals surface area contributed by atoms with Crippen LogP contribution in [0.5, 0.6) is 0 Å². The van der Waals surface area contributed by atoms with Crippen molar-refractivity contribution in [2.24, 2.45) is 5.73 Å². The molecule has 0 saturated heterocycles. The SMILES string of the molecule is Cc1ccc(C(N)=O)cc1Nc1ncc(-c2ccc(-n3cccn3)cc2)o1. The third kappa shape index (κ3) is 3.43. The lowest BCUT2D eigenvalue weighted by atomic mass is 10.1. The third-order valence-corrected chi connectivity index (χ3v) is 4.19. The molecular weight excluding hydrogens is 342 g/mol. The Balaban J connectivity index is 1.55. The number of oxazole rings is 1. The maximum absolute atomic E-state index is 11.4. The van der Waals surface area contributed by atoms with Gasteiger partial charge >= 0.3 is 0 Å². The van der Waals surface area contributed by atoms with Gasteiger partial charge in [0.1, 0.15) is 0 Å². The van der Waals surface area contributed by atoms with Crippen LogP contribution in [-0.4, -0.2) is 20.7 Å². The molecule has 4 aromatic rings. The molecule has 0 aliphatic heterocycles. The first kappa shape index (κ1) is 16.6. The quantitative estimate of drug-likeness (QED) is 0.566. The minimum Gasteiger partial charge on any atom is -0.423 e. The number of primary amides is 1. The number of aryl methyl sites for hydroxylation is 1. The van der Waals surface area contributed by atoms with E-state index in [-0.39, 0.29) is 0 Å². The molecule has 3 N–H and O–H groups in total. The predicted molar refractivity (Wildman–Crippen MR) is 102 cm³/mol. The maximum atomic E-state index is 11.4. The Morgan fingerprint density at radius 3 is 2.70 bits per heavy atom. The second kappa shape index (κ2) is 6.80. The molecule has 2 aromatic carbocycles. The van der Waals surface area contributed by atoms with E-state index in [0.29, 0.717) is 23.0 Å². The summed E-state index contributed by atoms with van der Waals surface area (Å²) in [6, 6.07) is 15.2. The van der Waals surface area contributed by atoms with Gasteiger partial charge < -0.3 is 15.5 Å². The van der Waals surface area contributed by atoms with Crippen LogP contribution in [0.25, 0.3) is 17.0 Å². The van der Waals surface area contributed by atoms with Crippen LogP contribution < -0.4 is 11.1 Å². The summed E-state index contributed by atoms with van der Waals surface area (Å²) >= 11 is 0. The van der Waals surface area contributed by atoms with Crippen LogP contribution in [0.1, 0.15) is 15.9 Å². The van der Waals surface area contributed by atoms with Crippen molar-refractivity contribution in [1.29, 1.82) is 0 Å². The molecule has 0 saturated carbocycles. The van der Waals surface area contributed by atoms with Gasteiger partial charge in [0.25, 0.3) is 6.01 Å². The summed E-state index contributed by atoms with van der Waals surface area (Å²) < 4.78 is 7.58. The number of carbonyl (C=O) groups excluding carboxylic acids is 1. The van der Waals surface area contributed by atoms with E-state index in [9.17, 15) is 4.79 Å². The number of benzene rings is 2. The fraction of sp³-hybridized carbons (Fsp3) is 0.0500. The lowest BCUT2D eigenvalue weighted by Gasteiger charge is -2.07. The van der Waals surface area contributed by atoms with E-state index in [1.54, 1.807) is 29.2 Å². The van der Waals surface area contributed by atoms with Crippen LogP contribution in [0.4, 0.5) is 11.7 Å². The zero-order valence-electron chi connectivity index (χ0n) is 14.6. The van der Waals surface area contributed by atoms with Crippen LogP contribution >= 0.6 is 0 Å². The molecule has 0 atom stereocenters. The van der Waals surface area contributed by atoms with Crippen LogP contribution in [0.3, 0.4) is 0 Å². The largest absolute Gasteiger partial charge is 0.423 e. The Hall–Kier alpha value is -3.87. The molecule has 0 aliphatic carbocycles. The topological polar surface area (TPSA) is 99.0 Å². The van der Waals surface area contributed by atoms with Gasteiger partial charge in [-0.1, -0.05) is 6.07 Å². The minimum atomic E-state index is -0.483. The monoisotopic (exact) mass is 359 g/mol. The first-order valence-electron chi connectivity index (χ1n) is 8.34. The summed E-state index contributed by atoms with van der Waals surface area (Å²) in [6.07, 6.45) is 5.27. The molecule has 4 rings (SSSR count). The van der Waals surface area contributed by atoms with Crippen molar-refractivity contribution in [3.05, 3.63) is 78.2 Å². The highest BCUT2D eigenvalue weighted by atomic mass is 16.4. The Bertz CT molecular complexity index is 1080. The van der Waals surface area contributed by atoms with Crippen LogP contribution in [0.2, 0.25) is 0 Å². The second-order valence-corrected chi connectivity index (χ2v) is 6.05. The van der Waals surface area contributed by atoms with Crippen LogP contribution in [0, 0.1) is 6.92 Å². The van der Waals surface area contributed by atoms with E-state index in [2.05, 4.69) is 15.4 Å². The van der Waals surface area contributed by atoms with Crippen LogP contribution in [0.15, 0.2) is 71.5 Å². The van der Waals surface area contributed by atoms with Crippen molar-refractivity contribution in [2.45, 2.75) is 6.92 Å². The lowest BCUT2D eigenvalue weighted by molar-refractivity contribution is 0.100. The number of rotatable bonds is 5. The van der Waals surface area contributed by atoms with Crippen molar-refractivity contribution in [3.8, 4) is 17.0 Å². The smallest absolute Gasteiger partial charge is 0.299 e. The first-order valence-corrected chi connectivity index (χ1v) is 8.34. The van der Waals surface area contributed by atoms with Crippen molar-refractivity contribution in [1.82, 2.24) is 14.8 Å². The van der Waals surface area contributed by atoms with Crippen molar-refractivity contribution in [3.63, 3.8) is 0 Å². The van der Waals surface area contributed by atoms with E-state index in [1.807, 2.05) is 49.5 Å². The van der Waals surface area contributed by atoms with Gasteiger partial charge in [0, 0.05) is 29.2 Å². The molecule has 27 heavy (non-hydrogen) atoms. The molecule has 0 radical (unpaired) electrons. The number of anilines is 2. The second-order valence-electron chi connectivity index (χ2n) is 6.05. The fourth-order valence-corrected chi connectivity index (χ4v) is 2.69. The number of aromatic nitrogens is 3. The highest BCUT2D eigenvalue weighted by Gasteiger charge is 2.10. The van der Waals surface area contributed by atoms with E-state index in [4.69, 9.17) is 10.2 Å². The molecule has 0 fully saturated rings. The van der Waals surface area contributed by atoms with Gasteiger partial charge in [-0.05, 0) is 55.0 Å². The Morgan fingerprint density at radius 1 is 1.19 bits per heavy atom. The van der Waals surface area contributed by atoms with Crippen LogP contribution in [-0.2, 0) is 0 Å². The summed E-state index contributed by atoms with van der Waals surface area (Å²) in [5.74, 6) is 0.150. The number of nitrogens with zero attached hydrogens (tertiary/aromatic N) is 3. The zero-order chi connectivity index (χ0) is 18.8. The summed E-state index contributed by atoms with van der Waals surface area (Å²) in [6.45, 7) is 1.92. The van der Waals surface area contributed by atoms with E-state index in [0.717, 1.165) is 16.8 Å². The van der Waals surface area contributed by atoms with Gasteiger partial charge in [-0.3, -0.25) is 4.79 Å². The normalized spacial score (nSPS) is 10.7. The highest BCUT2D eigenvalue weighted by molar-refractivity contribution is 5.94. The number of nitrogens with one attached hydrogen (secondary N) is 1. The molecule has 0 spiro atoms. The fourth-order valence-electron chi connectivity index (χ4n) is 2.69. The Labute approximate surface area is 155 Å². The standard InChI is InChI=1S/C20H17N5O2/c1-13-3-4-15(19(21)26)11-17(13)24-20-22-12-18(27-20)14-5-7-16(8-6-14)25-10-2-9-23-25/h2-12H,1H3,(H2,21,26)(H,22,24). The molecule has 7 nitrogen and oxygen atoms in total. The summed E-state index contributed by atoms with van der Waals surface area (Å²) in [5.41, 5.74) is 9.28. The minimum absolute atomic E-state index is 0.339. The molecule has 1 amide bonds. The number of hydrogen-bond donors (Lipinski definition) is 2. The molecule has 7 heteroatoms. The molecule has 2 aromatic heterocycles. The lowest BCUT2D eigenvalue weighted by Crippen LogP contribution is -2.11. The van der Waals surface area contributed by atoms with E-state index < -0.39 is 5.91 Å². The number of nitrogens with two attached hydrogens (primary N) is 1. The van der Waals surface area contributed by atoms with Gasteiger partial charge in [-0.15, -0.1) is 0 Å². The molecule has 134 valence electrons. The number of hydrogen-bond acceptors (Lipinski definition) is 5. The zero-order valence-corrected chi connectivity index (χ0v) is 14.6. The van der Waals surface area contributed by atoms with Crippen molar-refractivity contribution >= 4 is 17.6 Å².